The Morgan fingerprint density at radius 3 is 2.80 bits per heavy atom. The molecule has 4 fully saturated rings. The summed E-state index contributed by atoms with van der Waals surface area (Å²) in [5.74, 6) is -0.0666. The molecular formula is C22H26FN5O2. The quantitative estimate of drug-likeness (QED) is 0.781. The van der Waals surface area contributed by atoms with Crippen molar-refractivity contribution in [3.63, 3.8) is 0 Å². The fourth-order valence-corrected chi connectivity index (χ4v) is 5.77. The topological polar surface area (TPSA) is 93.7 Å². The van der Waals surface area contributed by atoms with Crippen LogP contribution in [0.25, 0.3) is 0 Å². The lowest BCUT2D eigenvalue weighted by atomic mass is 10.0. The van der Waals surface area contributed by atoms with E-state index in [1.54, 1.807) is 28.0 Å². The number of piperazine rings is 1. The predicted molar refractivity (Wildman–Crippen MR) is 106 cm³/mol. The molecule has 1 aromatic rings. The SMILES string of the molecule is C[C@@H](c1ccccc1F)N1C(=O)[C@H]2C[C@H]1CN2C[C@H](N)C(=O)N1[C@H](C#N)C[C@@H]2C[C@@H]21. The average molecular weight is 411 g/mol. The first-order chi connectivity index (χ1) is 14.4. The van der Waals surface area contributed by atoms with Crippen LogP contribution in [0.5, 0.6) is 0 Å². The lowest BCUT2D eigenvalue weighted by Crippen LogP contribution is -2.57. The van der Waals surface area contributed by atoms with Crippen LogP contribution in [-0.2, 0) is 9.59 Å². The van der Waals surface area contributed by atoms with Crippen molar-refractivity contribution < 1.29 is 14.0 Å². The minimum Gasteiger partial charge on any atom is -0.330 e. The summed E-state index contributed by atoms with van der Waals surface area (Å²) >= 11 is 0. The van der Waals surface area contributed by atoms with Crippen molar-refractivity contribution in [2.24, 2.45) is 11.7 Å². The van der Waals surface area contributed by atoms with Crippen LogP contribution in [0.4, 0.5) is 4.39 Å². The number of hydrogen-bond donors (Lipinski definition) is 1. The van der Waals surface area contributed by atoms with Crippen molar-refractivity contribution >= 4 is 11.8 Å². The van der Waals surface area contributed by atoms with E-state index in [2.05, 4.69) is 6.07 Å². The maximum Gasteiger partial charge on any atom is 0.242 e. The van der Waals surface area contributed by atoms with Crippen LogP contribution in [0.2, 0.25) is 0 Å². The van der Waals surface area contributed by atoms with Crippen molar-refractivity contribution in [1.29, 1.82) is 5.26 Å². The summed E-state index contributed by atoms with van der Waals surface area (Å²) < 4.78 is 14.2. The Hall–Kier alpha value is -2.50. The molecular weight excluding hydrogens is 385 g/mol. The van der Waals surface area contributed by atoms with Gasteiger partial charge in [0.05, 0.1) is 24.2 Å². The molecule has 0 aromatic heterocycles. The smallest absolute Gasteiger partial charge is 0.242 e. The van der Waals surface area contributed by atoms with E-state index in [4.69, 9.17) is 5.73 Å². The third kappa shape index (κ3) is 2.91. The van der Waals surface area contributed by atoms with Gasteiger partial charge in [-0.25, -0.2) is 4.39 Å². The van der Waals surface area contributed by atoms with Gasteiger partial charge in [0.15, 0.2) is 0 Å². The first-order valence-electron chi connectivity index (χ1n) is 10.7. The van der Waals surface area contributed by atoms with Crippen LogP contribution < -0.4 is 5.73 Å². The predicted octanol–water partition coefficient (Wildman–Crippen LogP) is 1.01. The molecule has 2 amide bonds. The Balaban J connectivity index is 1.24. The maximum absolute atomic E-state index is 14.2. The standard InChI is InChI=1S/C22H26FN5O2/c1-12(16-4-2-3-5-17(16)23)27-15-8-20(22(27)30)26(10-15)11-18(25)21(29)28-14(9-24)6-13-7-19(13)28/h2-5,12-15,18-20H,6-8,10-11,25H2,1H3/t12-,13+,14-,15-,18-,19-,20+/m0/s1. The Kier molecular flexibility index (Phi) is 4.56. The third-order valence-corrected chi connectivity index (χ3v) is 7.34. The van der Waals surface area contributed by atoms with Gasteiger partial charge in [-0.1, -0.05) is 18.2 Å². The summed E-state index contributed by atoms with van der Waals surface area (Å²) in [6.07, 6.45) is 2.38. The first-order valence-corrected chi connectivity index (χ1v) is 10.7. The van der Waals surface area contributed by atoms with Gasteiger partial charge in [-0.05, 0) is 38.2 Å². The number of rotatable bonds is 5. The zero-order valence-corrected chi connectivity index (χ0v) is 16.9. The number of fused-ring (bicyclic) bond motifs is 3. The molecule has 7 atom stereocenters. The van der Waals surface area contributed by atoms with Crippen LogP contribution in [0.1, 0.15) is 37.8 Å². The summed E-state index contributed by atoms with van der Waals surface area (Å²) in [5, 5.41) is 9.33. The average Bonchev–Trinajstić information content (AvgIpc) is 3.07. The van der Waals surface area contributed by atoms with E-state index in [-0.39, 0.29) is 47.8 Å². The van der Waals surface area contributed by atoms with Crippen molar-refractivity contribution in [3.8, 4) is 6.07 Å². The third-order valence-electron chi connectivity index (χ3n) is 7.34. The molecule has 30 heavy (non-hydrogen) atoms. The number of amides is 2. The number of nitrogens with two attached hydrogens (primary N) is 1. The van der Waals surface area contributed by atoms with Gasteiger partial charge in [-0.15, -0.1) is 0 Å². The second kappa shape index (κ2) is 7.03. The molecule has 5 rings (SSSR count). The molecule has 1 aromatic carbocycles. The van der Waals surface area contributed by atoms with E-state index in [9.17, 15) is 19.2 Å². The van der Waals surface area contributed by atoms with Crippen LogP contribution in [0.3, 0.4) is 0 Å². The highest BCUT2D eigenvalue weighted by Gasteiger charge is 2.56. The van der Waals surface area contributed by atoms with E-state index < -0.39 is 6.04 Å². The summed E-state index contributed by atoms with van der Waals surface area (Å²) in [7, 11) is 0. The second-order valence-corrected chi connectivity index (χ2v) is 9.10. The minimum atomic E-state index is -0.746. The van der Waals surface area contributed by atoms with Crippen LogP contribution >= 0.6 is 0 Å². The molecule has 7 nitrogen and oxygen atoms in total. The highest BCUT2D eigenvalue weighted by atomic mass is 19.1. The van der Waals surface area contributed by atoms with Crippen LogP contribution in [0, 0.1) is 23.1 Å². The molecule has 3 saturated heterocycles. The van der Waals surface area contributed by atoms with Crippen molar-refractivity contribution in [2.75, 3.05) is 13.1 Å². The van der Waals surface area contributed by atoms with Crippen molar-refractivity contribution in [2.45, 2.75) is 62.4 Å². The van der Waals surface area contributed by atoms with Gasteiger partial charge in [0, 0.05) is 30.7 Å². The number of piperidine rings is 1. The van der Waals surface area contributed by atoms with E-state index in [1.165, 1.54) is 6.07 Å². The van der Waals surface area contributed by atoms with E-state index in [1.807, 2.05) is 11.8 Å². The summed E-state index contributed by atoms with van der Waals surface area (Å²) in [6.45, 7) is 2.79. The first kappa shape index (κ1) is 19.5. The number of halogens is 1. The minimum absolute atomic E-state index is 0.00846. The molecule has 1 saturated carbocycles. The van der Waals surface area contributed by atoms with E-state index >= 15 is 0 Å². The number of nitrogens with zero attached hydrogens (tertiary/aromatic N) is 4. The molecule has 1 aliphatic carbocycles. The highest BCUT2D eigenvalue weighted by molar-refractivity contribution is 5.87. The van der Waals surface area contributed by atoms with Gasteiger partial charge < -0.3 is 15.5 Å². The maximum atomic E-state index is 14.2. The molecule has 3 aliphatic heterocycles. The van der Waals surface area contributed by atoms with Crippen LogP contribution in [-0.4, -0.2) is 69.8 Å². The number of hydrogen-bond acceptors (Lipinski definition) is 5. The lowest BCUT2D eigenvalue weighted by molar-refractivity contribution is -0.141. The fraction of sp³-hybridized carbons (Fsp3) is 0.591. The van der Waals surface area contributed by atoms with E-state index in [0.717, 1.165) is 12.8 Å². The molecule has 4 aliphatic rings. The Labute approximate surface area is 175 Å². The molecule has 0 unspecified atom stereocenters. The Morgan fingerprint density at radius 1 is 1.33 bits per heavy atom. The molecule has 0 radical (unpaired) electrons. The number of nitriles is 1. The zero-order chi connectivity index (χ0) is 21.2. The van der Waals surface area contributed by atoms with Gasteiger partial charge in [0.25, 0.3) is 0 Å². The summed E-state index contributed by atoms with van der Waals surface area (Å²) in [6, 6.07) is 7.17. The number of benzene rings is 1. The van der Waals surface area contributed by atoms with Gasteiger partial charge in [-0.3, -0.25) is 14.5 Å². The molecule has 2 N–H and O–H groups in total. The van der Waals surface area contributed by atoms with E-state index in [0.29, 0.717) is 31.0 Å². The lowest BCUT2D eigenvalue weighted by Gasteiger charge is -2.38. The largest absolute Gasteiger partial charge is 0.330 e. The summed E-state index contributed by atoms with van der Waals surface area (Å²) in [5.41, 5.74) is 6.76. The normalized spacial score (nSPS) is 34.1. The monoisotopic (exact) mass is 411 g/mol. The Bertz CT molecular complexity index is 932. The van der Waals surface area contributed by atoms with Gasteiger partial charge in [0.1, 0.15) is 11.9 Å². The molecule has 0 spiro atoms. The fourth-order valence-electron chi connectivity index (χ4n) is 5.77. The number of carbonyl (C=O) groups is 2. The van der Waals surface area contributed by atoms with Crippen LogP contribution in [0.15, 0.2) is 24.3 Å². The number of likely N-dealkylation sites (tertiary alicyclic amines) is 3. The molecule has 3 heterocycles. The number of carbonyl (C=O) groups excluding carboxylic acids is 2. The molecule has 2 bridgehead atoms. The van der Waals surface area contributed by atoms with Gasteiger partial charge in [0.2, 0.25) is 11.8 Å². The molecule has 158 valence electrons. The zero-order valence-electron chi connectivity index (χ0n) is 16.9. The highest BCUT2D eigenvalue weighted by Crippen LogP contribution is 2.48. The summed E-state index contributed by atoms with van der Waals surface area (Å²) in [4.78, 5) is 31.4. The molecule has 8 heteroatoms. The van der Waals surface area contributed by atoms with Gasteiger partial charge >= 0.3 is 0 Å². The Morgan fingerprint density at radius 2 is 2.10 bits per heavy atom. The second-order valence-electron chi connectivity index (χ2n) is 9.10. The van der Waals surface area contributed by atoms with Gasteiger partial charge in [-0.2, -0.15) is 5.26 Å². The van der Waals surface area contributed by atoms with Crippen molar-refractivity contribution in [3.05, 3.63) is 35.6 Å². The van der Waals surface area contributed by atoms with Crippen molar-refractivity contribution in [1.82, 2.24) is 14.7 Å².